The van der Waals surface area contributed by atoms with Gasteiger partial charge in [0.1, 0.15) is 29.7 Å². The van der Waals surface area contributed by atoms with E-state index in [0.717, 1.165) is 0 Å². The van der Waals surface area contributed by atoms with Crippen molar-refractivity contribution in [2.75, 3.05) is 37.8 Å². The first kappa shape index (κ1) is 26.6. The predicted molar refractivity (Wildman–Crippen MR) is 131 cm³/mol. The Hall–Kier alpha value is -3.44. The molecular weight excluding hydrogens is 491 g/mol. The topological polar surface area (TPSA) is 93.9 Å². The molecule has 1 aliphatic rings. The molecule has 1 saturated heterocycles. The van der Waals surface area contributed by atoms with Crippen LogP contribution in [0, 0.1) is 23.4 Å². The van der Waals surface area contributed by atoms with Gasteiger partial charge in [0.05, 0.1) is 42.4 Å². The first-order chi connectivity index (χ1) is 17.6. The molecule has 1 atom stereocenters. The highest BCUT2D eigenvalue weighted by Gasteiger charge is 2.26. The maximum absolute atomic E-state index is 14.3. The number of pyridine rings is 2. The molecule has 0 radical (unpaired) electrons. The summed E-state index contributed by atoms with van der Waals surface area (Å²) in [6.07, 6.45) is 1.41. The Kier molecular flexibility index (Phi) is 7.84. The van der Waals surface area contributed by atoms with Gasteiger partial charge >= 0.3 is 0 Å². The Balaban J connectivity index is 1.92. The second-order valence-corrected chi connectivity index (χ2v) is 9.25. The Morgan fingerprint density at radius 1 is 1.16 bits per heavy atom. The van der Waals surface area contributed by atoms with Gasteiger partial charge in [-0.25, -0.2) is 18.2 Å². The zero-order valence-corrected chi connectivity index (χ0v) is 20.8. The molecule has 2 aromatic heterocycles. The number of fused-ring (bicyclic) bond motifs is 1. The number of carbonyl (C=O) groups is 1. The van der Waals surface area contributed by atoms with Gasteiger partial charge < -0.3 is 24.0 Å². The third kappa shape index (κ3) is 5.33. The molecule has 0 unspecified atom stereocenters. The molecule has 198 valence electrons. The molecule has 0 saturated carbocycles. The fourth-order valence-corrected chi connectivity index (χ4v) is 4.34. The number of aliphatic hydroxyl groups excluding tert-OH is 1. The summed E-state index contributed by atoms with van der Waals surface area (Å²) in [6.45, 7) is 5.90. The van der Waals surface area contributed by atoms with Crippen LogP contribution in [-0.4, -0.2) is 53.4 Å². The van der Waals surface area contributed by atoms with Crippen molar-refractivity contribution < 1.29 is 32.5 Å². The van der Waals surface area contributed by atoms with Gasteiger partial charge in [-0.3, -0.25) is 9.59 Å². The summed E-state index contributed by atoms with van der Waals surface area (Å²) in [6, 6.07) is 2.02. The SMILES string of the molecule is CC(=O)c1cn([C@H](CO)C(C)C)c2nc(N3CCOCC3)c(OCc3c(F)cc(F)cc3F)cc2c1=O. The van der Waals surface area contributed by atoms with Crippen molar-refractivity contribution in [2.45, 2.75) is 33.4 Å². The lowest BCUT2D eigenvalue weighted by Crippen LogP contribution is -2.37. The second-order valence-electron chi connectivity index (χ2n) is 9.25. The monoisotopic (exact) mass is 519 g/mol. The van der Waals surface area contributed by atoms with Crippen LogP contribution < -0.4 is 15.1 Å². The Morgan fingerprint density at radius 3 is 2.38 bits per heavy atom. The number of aliphatic hydroxyl groups is 1. The molecule has 11 heteroatoms. The Labute approximate surface area is 211 Å². The zero-order chi connectivity index (χ0) is 26.9. The zero-order valence-electron chi connectivity index (χ0n) is 20.8. The number of halogens is 3. The van der Waals surface area contributed by atoms with Crippen LogP contribution in [0.4, 0.5) is 19.0 Å². The van der Waals surface area contributed by atoms with E-state index < -0.39 is 46.9 Å². The van der Waals surface area contributed by atoms with E-state index >= 15 is 0 Å². The number of ketones is 1. The third-order valence-corrected chi connectivity index (χ3v) is 6.43. The standard InChI is InChI=1S/C26H28F3N3O5/c1-14(2)22(12-33)32-11-18(15(3)34)24(35)17-10-23(26(30-25(17)32)31-4-6-36-7-5-31)37-13-19-20(28)8-16(27)9-21(19)29/h8-11,14,22,33H,4-7,12-13H2,1-3H3/t22-/m1/s1. The molecule has 3 heterocycles. The van der Waals surface area contributed by atoms with E-state index in [1.54, 1.807) is 4.57 Å². The van der Waals surface area contributed by atoms with Gasteiger partial charge in [0.15, 0.2) is 17.4 Å². The molecule has 3 aromatic rings. The van der Waals surface area contributed by atoms with Gasteiger partial charge in [0.2, 0.25) is 5.43 Å². The average Bonchev–Trinajstić information content (AvgIpc) is 2.85. The summed E-state index contributed by atoms with van der Waals surface area (Å²) in [7, 11) is 0. The van der Waals surface area contributed by atoms with Crippen molar-refractivity contribution in [2.24, 2.45) is 5.92 Å². The van der Waals surface area contributed by atoms with Gasteiger partial charge in [0, 0.05) is 31.4 Å². The summed E-state index contributed by atoms with van der Waals surface area (Å²) in [5, 5.41) is 10.2. The summed E-state index contributed by atoms with van der Waals surface area (Å²) in [4.78, 5) is 32.1. The smallest absolute Gasteiger partial charge is 0.201 e. The highest BCUT2D eigenvalue weighted by atomic mass is 19.1. The van der Waals surface area contributed by atoms with E-state index in [2.05, 4.69) is 0 Å². The number of anilines is 1. The second kappa shape index (κ2) is 10.9. The molecular formula is C26H28F3N3O5. The number of morpholine rings is 1. The molecule has 0 bridgehead atoms. The maximum Gasteiger partial charge on any atom is 0.201 e. The van der Waals surface area contributed by atoms with Crippen molar-refractivity contribution in [1.29, 1.82) is 0 Å². The first-order valence-electron chi connectivity index (χ1n) is 11.9. The fraction of sp³-hybridized carbons (Fsp3) is 0.423. The van der Waals surface area contributed by atoms with Crippen LogP contribution in [0.5, 0.6) is 5.75 Å². The van der Waals surface area contributed by atoms with Crippen molar-refractivity contribution in [3.05, 3.63) is 63.2 Å². The van der Waals surface area contributed by atoms with Crippen molar-refractivity contribution >= 4 is 22.6 Å². The molecule has 1 fully saturated rings. The molecule has 37 heavy (non-hydrogen) atoms. The number of hydrogen-bond donors (Lipinski definition) is 1. The molecule has 4 rings (SSSR count). The Morgan fingerprint density at radius 2 is 1.81 bits per heavy atom. The highest BCUT2D eigenvalue weighted by molar-refractivity contribution is 5.97. The van der Waals surface area contributed by atoms with E-state index in [9.17, 15) is 27.9 Å². The largest absolute Gasteiger partial charge is 0.485 e. The number of hydrogen-bond acceptors (Lipinski definition) is 7. The van der Waals surface area contributed by atoms with E-state index in [4.69, 9.17) is 14.5 Å². The van der Waals surface area contributed by atoms with Crippen LogP contribution in [0.2, 0.25) is 0 Å². The number of aromatic nitrogens is 2. The lowest BCUT2D eigenvalue weighted by Gasteiger charge is -2.30. The lowest BCUT2D eigenvalue weighted by atomic mass is 10.0. The van der Waals surface area contributed by atoms with E-state index in [0.29, 0.717) is 44.3 Å². The first-order valence-corrected chi connectivity index (χ1v) is 11.9. The van der Waals surface area contributed by atoms with Crippen molar-refractivity contribution in [3.8, 4) is 5.75 Å². The summed E-state index contributed by atoms with van der Waals surface area (Å²) in [5.74, 6) is -3.43. The molecule has 0 aliphatic carbocycles. The van der Waals surface area contributed by atoms with Crippen LogP contribution in [0.1, 0.15) is 42.7 Å². The maximum atomic E-state index is 14.3. The Bertz CT molecular complexity index is 1360. The highest BCUT2D eigenvalue weighted by Crippen LogP contribution is 2.33. The van der Waals surface area contributed by atoms with E-state index in [1.165, 1.54) is 19.2 Å². The minimum Gasteiger partial charge on any atom is -0.485 e. The minimum absolute atomic E-state index is 0.0545. The van der Waals surface area contributed by atoms with E-state index in [1.807, 2.05) is 18.7 Å². The molecule has 8 nitrogen and oxygen atoms in total. The third-order valence-electron chi connectivity index (χ3n) is 6.43. The van der Waals surface area contributed by atoms with Crippen LogP contribution in [-0.2, 0) is 11.3 Å². The number of benzene rings is 1. The van der Waals surface area contributed by atoms with Crippen molar-refractivity contribution in [1.82, 2.24) is 9.55 Å². The predicted octanol–water partition coefficient (Wildman–Crippen LogP) is 3.62. The van der Waals surface area contributed by atoms with Crippen LogP contribution in [0.3, 0.4) is 0 Å². The van der Waals surface area contributed by atoms with Crippen LogP contribution >= 0.6 is 0 Å². The fourth-order valence-electron chi connectivity index (χ4n) is 4.34. The summed E-state index contributed by atoms with van der Waals surface area (Å²) >= 11 is 0. The molecule has 1 N–H and O–H groups in total. The van der Waals surface area contributed by atoms with E-state index in [-0.39, 0.29) is 34.9 Å². The van der Waals surface area contributed by atoms with Crippen molar-refractivity contribution in [3.63, 3.8) is 0 Å². The number of nitrogens with zero attached hydrogens (tertiary/aromatic N) is 3. The average molecular weight is 520 g/mol. The quantitative estimate of drug-likeness (QED) is 0.455. The lowest BCUT2D eigenvalue weighted by molar-refractivity contribution is 0.101. The molecule has 0 spiro atoms. The normalized spacial score (nSPS) is 14.9. The number of Topliss-reactive ketones (excluding diaryl/α,β-unsaturated/α-hetero) is 1. The molecule has 1 aromatic carbocycles. The summed E-state index contributed by atoms with van der Waals surface area (Å²) in [5.41, 5.74) is -0.918. The number of carbonyl (C=O) groups excluding carboxylic acids is 1. The van der Waals surface area contributed by atoms with Gasteiger partial charge in [-0.05, 0) is 18.9 Å². The van der Waals surface area contributed by atoms with Crippen LogP contribution in [0.15, 0.2) is 29.2 Å². The number of ether oxygens (including phenoxy) is 2. The van der Waals surface area contributed by atoms with Gasteiger partial charge in [-0.1, -0.05) is 13.8 Å². The molecule has 1 aliphatic heterocycles. The van der Waals surface area contributed by atoms with Gasteiger partial charge in [-0.15, -0.1) is 0 Å². The van der Waals surface area contributed by atoms with Gasteiger partial charge in [0.25, 0.3) is 0 Å². The molecule has 0 amide bonds. The number of rotatable bonds is 8. The van der Waals surface area contributed by atoms with Crippen LogP contribution in [0.25, 0.3) is 11.0 Å². The van der Waals surface area contributed by atoms with Gasteiger partial charge in [-0.2, -0.15) is 0 Å². The minimum atomic E-state index is -1.11. The summed E-state index contributed by atoms with van der Waals surface area (Å²) < 4.78 is 54.7.